The van der Waals surface area contributed by atoms with Gasteiger partial charge in [-0.25, -0.2) is 0 Å². The zero-order valence-electron chi connectivity index (χ0n) is 4.50. The summed E-state index contributed by atoms with van der Waals surface area (Å²) in [6.07, 6.45) is 1.31. The standard InChI is InChI=1S/C4H8BNO2/c6-5-8-4-1-3(7)2-4/h3-4,6-7H,1-2H2. The Balaban J connectivity index is 2.06. The van der Waals surface area contributed by atoms with Crippen LogP contribution in [0.15, 0.2) is 0 Å². The van der Waals surface area contributed by atoms with Crippen molar-refractivity contribution in [2.24, 2.45) is 0 Å². The Labute approximate surface area is 48.4 Å². The molecule has 0 aromatic carbocycles. The summed E-state index contributed by atoms with van der Waals surface area (Å²) >= 11 is 0. The Morgan fingerprint density at radius 3 is 2.62 bits per heavy atom. The van der Waals surface area contributed by atoms with Gasteiger partial charge in [0.15, 0.2) is 0 Å². The average Bonchev–Trinajstić information content (AvgIpc) is 1.64. The summed E-state index contributed by atoms with van der Waals surface area (Å²) in [6.45, 7) is 0. The van der Waals surface area contributed by atoms with Crippen LogP contribution in [0.4, 0.5) is 0 Å². The van der Waals surface area contributed by atoms with Gasteiger partial charge in [-0.05, 0) is 0 Å². The van der Waals surface area contributed by atoms with Crippen LogP contribution < -0.4 is 0 Å². The Morgan fingerprint density at radius 2 is 2.25 bits per heavy atom. The van der Waals surface area contributed by atoms with Gasteiger partial charge in [0.05, 0.1) is 0 Å². The van der Waals surface area contributed by atoms with Gasteiger partial charge in [0, 0.05) is 0 Å². The first-order valence-corrected chi connectivity index (χ1v) is 2.65. The van der Waals surface area contributed by atoms with Crippen LogP contribution in [-0.4, -0.2) is 24.6 Å². The van der Waals surface area contributed by atoms with E-state index in [4.69, 9.17) is 15.1 Å². The zero-order chi connectivity index (χ0) is 5.98. The van der Waals surface area contributed by atoms with Crippen LogP contribution in [0.25, 0.3) is 0 Å². The van der Waals surface area contributed by atoms with E-state index in [1.165, 1.54) is 0 Å². The molecule has 0 atom stereocenters. The molecule has 0 aliphatic heterocycles. The molecule has 0 saturated heterocycles. The van der Waals surface area contributed by atoms with Crippen molar-refractivity contribution < 1.29 is 9.76 Å². The monoisotopic (exact) mass is 113 g/mol. The van der Waals surface area contributed by atoms with E-state index in [1.54, 1.807) is 0 Å². The summed E-state index contributed by atoms with van der Waals surface area (Å²) < 4.78 is 4.73. The number of rotatable bonds is 2. The molecule has 0 heterocycles. The van der Waals surface area contributed by atoms with Gasteiger partial charge in [-0.15, -0.1) is 0 Å². The molecule has 1 aliphatic carbocycles. The number of nitrogens with one attached hydrogen (secondary N) is 1. The predicted molar refractivity (Wildman–Crippen MR) is 28.6 cm³/mol. The van der Waals surface area contributed by atoms with Gasteiger partial charge in [-0.2, -0.15) is 0 Å². The van der Waals surface area contributed by atoms with Crippen LogP contribution in [0.3, 0.4) is 0 Å². The van der Waals surface area contributed by atoms with Gasteiger partial charge in [0.2, 0.25) is 0 Å². The molecule has 3 nitrogen and oxygen atoms in total. The van der Waals surface area contributed by atoms with Gasteiger partial charge < -0.3 is 0 Å². The van der Waals surface area contributed by atoms with E-state index in [0.29, 0.717) is 12.8 Å². The summed E-state index contributed by atoms with van der Waals surface area (Å²) in [5.74, 6) is 0. The molecular weight excluding hydrogens is 105 g/mol. The maximum atomic E-state index is 8.69. The molecule has 0 amide bonds. The molecule has 0 aromatic rings. The van der Waals surface area contributed by atoms with Crippen molar-refractivity contribution in [3.8, 4) is 0 Å². The van der Waals surface area contributed by atoms with Gasteiger partial charge in [0.25, 0.3) is 0 Å². The SMILES string of the molecule is N=BOC1CC(O)C1. The van der Waals surface area contributed by atoms with Crippen molar-refractivity contribution in [3.05, 3.63) is 0 Å². The van der Waals surface area contributed by atoms with Crippen LogP contribution >= 0.6 is 0 Å². The van der Waals surface area contributed by atoms with E-state index in [0.717, 1.165) is 7.27 Å². The molecule has 4 heteroatoms. The fraction of sp³-hybridized carbons (Fsp3) is 1.00. The van der Waals surface area contributed by atoms with Crippen LogP contribution in [-0.2, 0) is 4.65 Å². The van der Waals surface area contributed by atoms with Gasteiger partial charge in [-0.3, -0.25) is 0 Å². The Morgan fingerprint density at radius 1 is 1.62 bits per heavy atom. The second kappa shape index (κ2) is 2.26. The van der Waals surface area contributed by atoms with E-state index in [-0.39, 0.29) is 12.2 Å². The van der Waals surface area contributed by atoms with Crippen molar-refractivity contribution in [1.82, 2.24) is 0 Å². The number of aliphatic hydroxyl groups is 1. The van der Waals surface area contributed by atoms with E-state index in [1.807, 2.05) is 0 Å². The van der Waals surface area contributed by atoms with Gasteiger partial charge >= 0.3 is 47.4 Å². The molecule has 0 spiro atoms. The summed E-state index contributed by atoms with van der Waals surface area (Å²) in [4.78, 5) is 0. The van der Waals surface area contributed by atoms with Crippen molar-refractivity contribution >= 4 is 7.27 Å². The molecule has 1 saturated carbocycles. The molecule has 8 heavy (non-hydrogen) atoms. The molecule has 0 bridgehead atoms. The van der Waals surface area contributed by atoms with Gasteiger partial charge in [0.1, 0.15) is 0 Å². The maximum absolute atomic E-state index is 8.69. The minimum atomic E-state index is -0.181. The third kappa shape index (κ3) is 1.07. The second-order valence-electron chi connectivity index (χ2n) is 2.00. The Bertz CT molecular complexity index is 92.0. The third-order valence-electron chi connectivity index (χ3n) is 1.33. The van der Waals surface area contributed by atoms with E-state index < -0.39 is 0 Å². The first-order valence-electron chi connectivity index (χ1n) is 2.65. The number of hydrogen-bond donors (Lipinski definition) is 2. The molecule has 1 fully saturated rings. The van der Waals surface area contributed by atoms with Crippen molar-refractivity contribution in [2.75, 3.05) is 0 Å². The van der Waals surface area contributed by atoms with Crippen LogP contribution in [0.5, 0.6) is 0 Å². The van der Waals surface area contributed by atoms with Crippen molar-refractivity contribution in [2.45, 2.75) is 25.0 Å². The molecule has 0 aromatic heterocycles. The van der Waals surface area contributed by atoms with E-state index >= 15 is 0 Å². The zero-order valence-corrected chi connectivity index (χ0v) is 4.50. The molecule has 1 aliphatic rings. The summed E-state index contributed by atoms with van der Waals surface area (Å²) in [5.41, 5.74) is 0. The van der Waals surface area contributed by atoms with Crippen LogP contribution in [0.2, 0.25) is 0 Å². The summed E-state index contributed by atoms with van der Waals surface area (Å²) in [5, 5.41) is 15.2. The van der Waals surface area contributed by atoms with Crippen LogP contribution in [0.1, 0.15) is 12.8 Å². The van der Waals surface area contributed by atoms with Crippen molar-refractivity contribution in [1.29, 1.82) is 5.31 Å². The number of aliphatic hydroxyl groups excluding tert-OH is 1. The first kappa shape index (κ1) is 5.76. The molecule has 0 unspecified atom stereocenters. The number of hydrogen-bond acceptors (Lipinski definition) is 3. The molecular formula is C4H8BNO2. The Kier molecular flexibility index (Phi) is 1.63. The van der Waals surface area contributed by atoms with E-state index in [9.17, 15) is 0 Å². The average molecular weight is 113 g/mol. The fourth-order valence-corrected chi connectivity index (χ4v) is 0.745. The minimum absolute atomic E-state index is 0.113. The van der Waals surface area contributed by atoms with Crippen molar-refractivity contribution in [3.63, 3.8) is 0 Å². The second-order valence-corrected chi connectivity index (χ2v) is 2.00. The van der Waals surface area contributed by atoms with Gasteiger partial charge in [-0.1, -0.05) is 0 Å². The summed E-state index contributed by atoms with van der Waals surface area (Å²) in [7, 11) is 0.927. The fourth-order valence-electron chi connectivity index (χ4n) is 0.745. The molecule has 2 N–H and O–H groups in total. The van der Waals surface area contributed by atoms with Crippen LogP contribution in [0, 0.1) is 5.31 Å². The topological polar surface area (TPSA) is 53.3 Å². The molecule has 44 valence electrons. The van der Waals surface area contributed by atoms with E-state index in [2.05, 4.69) is 0 Å². The quantitative estimate of drug-likeness (QED) is 0.491. The molecule has 0 radical (unpaired) electrons. The predicted octanol–water partition coefficient (Wildman–Crippen LogP) is -0.0921. The Hall–Kier alpha value is -0.375. The molecule has 1 rings (SSSR count). The summed E-state index contributed by atoms with van der Waals surface area (Å²) in [6, 6.07) is 0. The third-order valence-corrected chi connectivity index (χ3v) is 1.33. The first-order chi connectivity index (χ1) is 3.83. The normalized spacial score (nSPS) is 35.1.